The molecule has 0 amide bonds. The van der Waals surface area contributed by atoms with Gasteiger partial charge in [-0.2, -0.15) is 11.8 Å². The zero-order valence-electron chi connectivity index (χ0n) is 9.90. The predicted molar refractivity (Wildman–Crippen MR) is 75.1 cm³/mol. The fourth-order valence-corrected chi connectivity index (χ4v) is 3.89. The number of alkyl halides is 1. The van der Waals surface area contributed by atoms with Gasteiger partial charge in [0.2, 0.25) is 0 Å². The van der Waals surface area contributed by atoms with E-state index in [-0.39, 0.29) is 5.82 Å². The van der Waals surface area contributed by atoms with Crippen molar-refractivity contribution in [2.24, 2.45) is 0 Å². The maximum Gasteiger partial charge on any atom is 0.151 e. The fraction of sp³-hybridized carbons (Fsp3) is 0.462. The summed E-state index contributed by atoms with van der Waals surface area (Å²) >= 11 is 7.77. The van der Waals surface area contributed by atoms with E-state index in [1.807, 2.05) is 17.8 Å². The predicted octanol–water partition coefficient (Wildman–Crippen LogP) is 3.63. The first kappa shape index (κ1) is 12.3. The fourth-order valence-electron chi connectivity index (χ4n) is 2.53. The van der Waals surface area contributed by atoms with E-state index in [1.54, 1.807) is 6.07 Å². The van der Waals surface area contributed by atoms with Gasteiger partial charge in [0.05, 0.1) is 5.52 Å². The molecule has 1 aromatic carbocycles. The summed E-state index contributed by atoms with van der Waals surface area (Å²) in [7, 11) is 0. The molecular formula is C13H14ClFN2S. The summed E-state index contributed by atoms with van der Waals surface area (Å²) in [5.41, 5.74) is 1.39. The van der Waals surface area contributed by atoms with Crippen molar-refractivity contribution in [3.8, 4) is 0 Å². The minimum atomic E-state index is -0.243. The quantitative estimate of drug-likeness (QED) is 0.801. The van der Waals surface area contributed by atoms with Gasteiger partial charge in [-0.3, -0.25) is 0 Å². The first-order chi connectivity index (χ1) is 8.81. The summed E-state index contributed by atoms with van der Waals surface area (Å²) in [4.78, 5) is 4.44. The van der Waals surface area contributed by atoms with Crippen LogP contribution in [0.1, 0.15) is 18.3 Å². The van der Waals surface area contributed by atoms with Gasteiger partial charge in [-0.05, 0) is 24.3 Å². The lowest BCUT2D eigenvalue weighted by atomic mass is 10.2. The zero-order valence-corrected chi connectivity index (χ0v) is 11.5. The van der Waals surface area contributed by atoms with Crippen LogP contribution >= 0.6 is 23.4 Å². The van der Waals surface area contributed by atoms with E-state index in [9.17, 15) is 4.39 Å². The van der Waals surface area contributed by atoms with Crippen molar-refractivity contribution < 1.29 is 4.39 Å². The highest BCUT2D eigenvalue weighted by atomic mass is 35.5. The van der Waals surface area contributed by atoms with E-state index in [1.165, 1.54) is 11.8 Å². The molecule has 0 aliphatic carbocycles. The number of aryl methyl sites for hydroxylation is 1. The molecule has 0 bridgehead atoms. The standard InChI is InChI=1S/C13H14ClFN2S/c14-6-4-12-16-13-10(15)2-1-3-11(13)17(12)9-5-7-18-8-9/h1-3,9H,4-8H2. The Bertz CT molecular complexity index is 563. The van der Waals surface area contributed by atoms with Crippen molar-refractivity contribution in [1.82, 2.24) is 9.55 Å². The Morgan fingerprint density at radius 3 is 3.11 bits per heavy atom. The highest BCUT2D eigenvalue weighted by Gasteiger charge is 2.23. The molecule has 0 radical (unpaired) electrons. The summed E-state index contributed by atoms with van der Waals surface area (Å²) in [6, 6.07) is 5.60. The molecule has 1 aromatic heterocycles. The van der Waals surface area contributed by atoms with E-state index < -0.39 is 0 Å². The summed E-state index contributed by atoms with van der Waals surface area (Å²) < 4.78 is 16.0. The van der Waals surface area contributed by atoms with E-state index >= 15 is 0 Å². The van der Waals surface area contributed by atoms with Crippen molar-refractivity contribution >= 4 is 34.4 Å². The van der Waals surface area contributed by atoms with Gasteiger partial charge in [0.15, 0.2) is 5.82 Å². The molecule has 0 spiro atoms. The summed E-state index contributed by atoms with van der Waals surface area (Å²) in [5.74, 6) is 3.44. The molecule has 1 fully saturated rings. The largest absolute Gasteiger partial charge is 0.324 e. The molecule has 1 aliphatic heterocycles. The van der Waals surface area contributed by atoms with Crippen molar-refractivity contribution in [3.63, 3.8) is 0 Å². The minimum Gasteiger partial charge on any atom is -0.324 e. The Labute approximate surface area is 115 Å². The van der Waals surface area contributed by atoms with Crippen LogP contribution in [0.3, 0.4) is 0 Å². The van der Waals surface area contributed by atoms with Gasteiger partial charge in [0, 0.05) is 24.1 Å². The first-order valence-electron chi connectivity index (χ1n) is 6.10. The average Bonchev–Trinajstić information content (AvgIpc) is 2.96. The van der Waals surface area contributed by atoms with Gasteiger partial charge < -0.3 is 4.57 Å². The Morgan fingerprint density at radius 2 is 2.39 bits per heavy atom. The van der Waals surface area contributed by atoms with Crippen molar-refractivity contribution in [2.75, 3.05) is 17.4 Å². The van der Waals surface area contributed by atoms with E-state index in [4.69, 9.17) is 11.6 Å². The molecule has 96 valence electrons. The Hall–Kier alpha value is -0.740. The Kier molecular flexibility index (Phi) is 3.48. The van der Waals surface area contributed by atoms with Crippen molar-refractivity contribution in [3.05, 3.63) is 29.8 Å². The maximum absolute atomic E-state index is 13.8. The van der Waals surface area contributed by atoms with Crippen molar-refractivity contribution in [1.29, 1.82) is 0 Å². The number of aromatic nitrogens is 2. The number of imidazole rings is 1. The summed E-state index contributed by atoms with van der Waals surface area (Å²) in [6.45, 7) is 0. The average molecular weight is 285 g/mol. The van der Waals surface area contributed by atoms with Crippen molar-refractivity contribution in [2.45, 2.75) is 18.9 Å². The third-order valence-electron chi connectivity index (χ3n) is 3.33. The summed E-state index contributed by atoms with van der Waals surface area (Å²) in [6.07, 6.45) is 1.82. The summed E-state index contributed by atoms with van der Waals surface area (Å²) in [5, 5.41) is 0. The molecule has 1 saturated heterocycles. The molecule has 3 rings (SSSR count). The third kappa shape index (κ3) is 2.01. The lowest BCUT2D eigenvalue weighted by Crippen LogP contribution is -2.12. The van der Waals surface area contributed by atoms with Crippen LogP contribution in [0.25, 0.3) is 11.0 Å². The second-order valence-corrected chi connectivity index (χ2v) is 5.99. The minimum absolute atomic E-state index is 0.243. The van der Waals surface area contributed by atoms with Gasteiger partial charge in [-0.25, -0.2) is 9.37 Å². The Balaban J connectivity index is 2.18. The number of hydrogen-bond acceptors (Lipinski definition) is 2. The number of para-hydroxylation sites is 1. The number of thioether (sulfide) groups is 1. The SMILES string of the molecule is Fc1cccc2c1nc(CCCl)n2C1CCSC1. The molecule has 2 aromatic rings. The second-order valence-electron chi connectivity index (χ2n) is 4.46. The molecule has 5 heteroatoms. The van der Waals surface area contributed by atoms with Crippen LogP contribution in [0.2, 0.25) is 0 Å². The highest BCUT2D eigenvalue weighted by Crippen LogP contribution is 2.33. The Morgan fingerprint density at radius 1 is 1.50 bits per heavy atom. The van der Waals surface area contributed by atoms with Crippen LogP contribution in [0.5, 0.6) is 0 Å². The first-order valence-corrected chi connectivity index (χ1v) is 7.79. The topological polar surface area (TPSA) is 17.8 Å². The van der Waals surface area contributed by atoms with Crippen LogP contribution in [0.4, 0.5) is 4.39 Å². The smallest absolute Gasteiger partial charge is 0.151 e. The molecule has 1 unspecified atom stereocenters. The van der Waals surface area contributed by atoms with Gasteiger partial charge in [0.1, 0.15) is 11.3 Å². The normalized spacial score (nSPS) is 19.8. The maximum atomic E-state index is 13.8. The molecule has 1 atom stereocenters. The number of fused-ring (bicyclic) bond motifs is 1. The van der Waals surface area contributed by atoms with Crippen LogP contribution in [0, 0.1) is 5.82 Å². The number of halogens is 2. The van der Waals surface area contributed by atoms with Crippen LogP contribution in [-0.2, 0) is 6.42 Å². The van der Waals surface area contributed by atoms with Gasteiger partial charge in [-0.15, -0.1) is 11.6 Å². The third-order valence-corrected chi connectivity index (χ3v) is 4.67. The van der Waals surface area contributed by atoms with E-state index in [2.05, 4.69) is 9.55 Å². The molecule has 2 nitrogen and oxygen atoms in total. The molecule has 0 N–H and O–H groups in total. The second kappa shape index (κ2) is 5.10. The molecular weight excluding hydrogens is 271 g/mol. The molecule has 0 saturated carbocycles. The monoisotopic (exact) mass is 284 g/mol. The van der Waals surface area contributed by atoms with Crippen LogP contribution < -0.4 is 0 Å². The highest BCUT2D eigenvalue weighted by molar-refractivity contribution is 7.99. The van der Waals surface area contributed by atoms with E-state index in [0.29, 0.717) is 23.9 Å². The zero-order chi connectivity index (χ0) is 12.5. The number of benzene rings is 1. The van der Waals surface area contributed by atoms with Gasteiger partial charge in [-0.1, -0.05) is 6.07 Å². The van der Waals surface area contributed by atoms with Crippen LogP contribution in [0.15, 0.2) is 18.2 Å². The van der Waals surface area contributed by atoms with Crippen LogP contribution in [-0.4, -0.2) is 26.9 Å². The lowest BCUT2D eigenvalue weighted by Gasteiger charge is -2.15. The van der Waals surface area contributed by atoms with E-state index in [0.717, 1.165) is 23.5 Å². The molecule has 2 heterocycles. The number of hydrogen-bond donors (Lipinski definition) is 0. The molecule has 1 aliphatic rings. The van der Waals surface area contributed by atoms with Gasteiger partial charge in [0.25, 0.3) is 0 Å². The van der Waals surface area contributed by atoms with Gasteiger partial charge >= 0.3 is 0 Å². The number of nitrogens with zero attached hydrogens (tertiary/aromatic N) is 2. The lowest BCUT2D eigenvalue weighted by molar-refractivity contribution is 0.552. The number of rotatable bonds is 3. The molecule has 18 heavy (non-hydrogen) atoms.